The monoisotopic (exact) mass is 343 g/mol. The van der Waals surface area contributed by atoms with E-state index >= 15 is 0 Å². The second-order valence-electron chi connectivity index (χ2n) is 5.17. The van der Waals surface area contributed by atoms with Gasteiger partial charge in [0, 0.05) is 0 Å². The van der Waals surface area contributed by atoms with Crippen LogP contribution in [-0.4, -0.2) is 48.9 Å². The molecule has 8 heteroatoms. The number of fused-ring (bicyclic) bond motifs is 1. The fraction of sp³-hybridized carbons (Fsp3) is 0.250. The van der Waals surface area contributed by atoms with Crippen LogP contribution in [0.4, 0.5) is 5.82 Å². The van der Waals surface area contributed by atoms with Crippen LogP contribution in [0.3, 0.4) is 0 Å². The molecule has 0 aliphatic rings. The zero-order valence-corrected chi connectivity index (χ0v) is 13.9. The Bertz CT molecular complexity index is 837. The Labute approximate surface area is 143 Å². The Balaban J connectivity index is 1.95. The normalized spacial score (nSPS) is 12.2. The van der Waals surface area contributed by atoms with Crippen LogP contribution in [0, 0.1) is 0 Å². The van der Waals surface area contributed by atoms with Gasteiger partial charge >= 0.3 is 5.97 Å². The number of aliphatic carboxylic acids is 1. The summed E-state index contributed by atoms with van der Waals surface area (Å²) in [6.45, 7) is 0. The molecule has 2 N–H and O–H groups in total. The van der Waals surface area contributed by atoms with E-state index in [-0.39, 0.29) is 0 Å². The number of aromatic nitrogens is 4. The summed E-state index contributed by atoms with van der Waals surface area (Å²) in [5, 5.41) is 17.4. The van der Waals surface area contributed by atoms with Gasteiger partial charge in [-0.2, -0.15) is 16.9 Å². The zero-order chi connectivity index (χ0) is 16.9. The molecule has 124 valence electrons. The third-order valence-corrected chi connectivity index (χ3v) is 4.23. The number of nitrogens with zero attached hydrogens (tertiary/aromatic N) is 4. The molecule has 3 aromatic rings. The number of hydrogen-bond acceptors (Lipinski definition) is 6. The molecule has 0 saturated heterocycles. The van der Waals surface area contributed by atoms with E-state index in [0.717, 1.165) is 11.4 Å². The summed E-state index contributed by atoms with van der Waals surface area (Å²) in [5.74, 6) is 0.337. The standard InChI is InChI=1S/C16H17N5O2S/c1-24-8-7-13(16(22)23)20-14-12-9-19-21(15(12)18-10-17-14)11-5-3-2-4-6-11/h2-6,9-10,13H,7-8H2,1H3,(H,22,23)(H,17,18,20). The van der Waals surface area contributed by atoms with E-state index in [0.29, 0.717) is 23.3 Å². The number of benzene rings is 1. The maximum absolute atomic E-state index is 11.4. The number of carboxylic acid groups (broad SMARTS) is 1. The third kappa shape index (κ3) is 3.33. The molecule has 0 spiro atoms. The number of rotatable bonds is 7. The summed E-state index contributed by atoms with van der Waals surface area (Å²) >= 11 is 1.61. The van der Waals surface area contributed by atoms with E-state index in [1.807, 2.05) is 36.6 Å². The first-order chi connectivity index (χ1) is 11.7. The van der Waals surface area contributed by atoms with Crippen molar-refractivity contribution in [3.63, 3.8) is 0 Å². The van der Waals surface area contributed by atoms with E-state index in [1.54, 1.807) is 22.6 Å². The number of hydrogen-bond donors (Lipinski definition) is 2. The molecule has 0 bridgehead atoms. The molecule has 1 atom stereocenters. The highest BCUT2D eigenvalue weighted by Gasteiger charge is 2.19. The first-order valence-corrected chi connectivity index (χ1v) is 8.82. The summed E-state index contributed by atoms with van der Waals surface area (Å²) in [4.78, 5) is 19.9. The predicted molar refractivity (Wildman–Crippen MR) is 94.7 cm³/mol. The highest BCUT2D eigenvalue weighted by Crippen LogP contribution is 2.22. The molecule has 24 heavy (non-hydrogen) atoms. The van der Waals surface area contributed by atoms with Gasteiger partial charge in [-0.3, -0.25) is 0 Å². The predicted octanol–water partition coefficient (Wildman–Crippen LogP) is 2.43. The van der Waals surface area contributed by atoms with Gasteiger partial charge in [0.15, 0.2) is 5.65 Å². The third-order valence-electron chi connectivity index (χ3n) is 3.59. The fourth-order valence-electron chi connectivity index (χ4n) is 2.38. The second kappa shape index (κ2) is 7.31. The minimum atomic E-state index is -0.897. The summed E-state index contributed by atoms with van der Waals surface area (Å²) in [5.41, 5.74) is 1.52. The lowest BCUT2D eigenvalue weighted by atomic mass is 10.2. The highest BCUT2D eigenvalue weighted by atomic mass is 32.2. The lowest BCUT2D eigenvalue weighted by molar-refractivity contribution is -0.137. The van der Waals surface area contributed by atoms with E-state index in [4.69, 9.17) is 0 Å². The van der Waals surface area contributed by atoms with Crippen molar-refractivity contribution >= 4 is 34.6 Å². The number of para-hydroxylation sites is 1. The summed E-state index contributed by atoms with van der Waals surface area (Å²) in [6, 6.07) is 8.94. The second-order valence-corrected chi connectivity index (χ2v) is 6.15. The molecule has 1 unspecified atom stereocenters. The van der Waals surface area contributed by atoms with Crippen LogP contribution in [0.25, 0.3) is 16.7 Å². The van der Waals surface area contributed by atoms with Gasteiger partial charge in [-0.1, -0.05) is 18.2 Å². The van der Waals surface area contributed by atoms with Crippen molar-refractivity contribution in [2.75, 3.05) is 17.3 Å². The minimum absolute atomic E-state index is 0.482. The molecule has 0 aliphatic carbocycles. The molecule has 0 saturated carbocycles. The molecule has 7 nitrogen and oxygen atoms in total. The van der Waals surface area contributed by atoms with Gasteiger partial charge < -0.3 is 10.4 Å². The van der Waals surface area contributed by atoms with E-state index < -0.39 is 12.0 Å². The molecule has 3 rings (SSSR count). The Hall–Kier alpha value is -2.61. The van der Waals surface area contributed by atoms with Crippen molar-refractivity contribution in [3.8, 4) is 5.69 Å². The largest absolute Gasteiger partial charge is 0.480 e. The molecule has 0 radical (unpaired) electrons. The summed E-state index contributed by atoms with van der Waals surface area (Å²) < 4.78 is 1.71. The van der Waals surface area contributed by atoms with Gasteiger partial charge in [0.1, 0.15) is 18.2 Å². The number of carboxylic acids is 1. The molecule has 0 amide bonds. The van der Waals surface area contributed by atoms with Crippen LogP contribution in [-0.2, 0) is 4.79 Å². The first kappa shape index (κ1) is 16.3. The quantitative estimate of drug-likeness (QED) is 0.680. The van der Waals surface area contributed by atoms with Crippen molar-refractivity contribution in [3.05, 3.63) is 42.9 Å². The summed E-state index contributed by atoms with van der Waals surface area (Å²) in [6.07, 6.45) is 5.53. The van der Waals surface area contributed by atoms with Crippen molar-refractivity contribution in [1.29, 1.82) is 0 Å². The zero-order valence-electron chi connectivity index (χ0n) is 13.1. The van der Waals surface area contributed by atoms with E-state index in [1.165, 1.54) is 6.33 Å². The average Bonchev–Trinajstić information content (AvgIpc) is 3.04. The topological polar surface area (TPSA) is 92.9 Å². The number of carbonyl (C=O) groups is 1. The van der Waals surface area contributed by atoms with Gasteiger partial charge in [0.2, 0.25) is 0 Å². The van der Waals surface area contributed by atoms with Crippen LogP contribution in [0.15, 0.2) is 42.9 Å². The van der Waals surface area contributed by atoms with Gasteiger partial charge in [0.05, 0.1) is 17.3 Å². The maximum atomic E-state index is 11.4. The fourth-order valence-corrected chi connectivity index (χ4v) is 2.85. The summed E-state index contributed by atoms with van der Waals surface area (Å²) in [7, 11) is 0. The Kier molecular flexibility index (Phi) is 4.95. The Morgan fingerprint density at radius 2 is 2.12 bits per heavy atom. The van der Waals surface area contributed by atoms with Crippen molar-refractivity contribution in [2.24, 2.45) is 0 Å². The van der Waals surface area contributed by atoms with Crippen LogP contribution >= 0.6 is 11.8 Å². The molecule has 0 fully saturated rings. The van der Waals surface area contributed by atoms with Crippen molar-refractivity contribution in [2.45, 2.75) is 12.5 Å². The Morgan fingerprint density at radius 3 is 2.83 bits per heavy atom. The van der Waals surface area contributed by atoms with Crippen LogP contribution in [0.1, 0.15) is 6.42 Å². The van der Waals surface area contributed by atoms with E-state index in [2.05, 4.69) is 20.4 Å². The van der Waals surface area contributed by atoms with Gasteiger partial charge in [0.25, 0.3) is 0 Å². The van der Waals surface area contributed by atoms with Gasteiger partial charge in [-0.15, -0.1) is 0 Å². The van der Waals surface area contributed by atoms with Crippen molar-refractivity contribution < 1.29 is 9.90 Å². The SMILES string of the molecule is CSCCC(Nc1ncnc2c1cnn2-c1ccccc1)C(=O)O. The lowest BCUT2D eigenvalue weighted by Crippen LogP contribution is -2.30. The Morgan fingerprint density at radius 1 is 1.33 bits per heavy atom. The maximum Gasteiger partial charge on any atom is 0.326 e. The molecular weight excluding hydrogens is 326 g/mol. The lowest BCUT2D eigenvalue weighted by Gasteiger charge is -2.14. The molecule has 2 heterocycles. The van der Waals surface area contributed by atoms with Crippen LogP contribution < -0.4 is 5.32 Å². The number of nitrogens with one attached hydrogen (secondary N) is 1. The molecule has 2 aromatic heterocycles. The smallest absolute Gasteiger partial charge is 0.326 e. The average molecular weight is 343 g/mol. The van der Waals surface area contributed by atoms with E-state index in [9.17, 15) is 9.90 Å². The van der Waals surface area contributed by atoms with Crippen LogP contribution in [0.5, 0.6) is 0 Å². The minimum Gasteiger partial charge on any atom is -0.480 e. The number of thioether (sulfide) groups is 1. The van der Waals surface area contributed by atoms with Gasteiger partial charge in [-0.25, -0.2) is 19.4 Å². The van der Waals surface area contributed by atoms with Crippen molar-refractivity contribution in [1.82, 2.24) is 19.7 Å². The first-order valence-electron chi connectivity index (χ1n) is 7.43. The molecular formula is C16H17N5O2S. The highest BCUT2D eigenvalue weighted by molar-refractivity contribution is 7.98. The molecule has 1 aromatic carbocycles. The van der Waals surface area contributed by atoms with Crippen LogP contribution in [0.2, 0.25) is 0 Å². The number of anilines is 1. The van der Waals surface area contributed by atoms with Gasteiger partial charge in [-0.05, 0) is 30.6 Å². The molecule has 0 aliphatic heterocycles.